The Morgan fingerprint density at radius 3 is 2.40 bits per heavy atom. The molecule has 0 saturated carbocycles. The van der Waals surface area contributed by atoms with Crippen molar-refractivity contribution in [3.8, 4) is 17.2 Å². The van der Waals surface area contributed by atoms with E-state index in [1.54, 1.807) is 12.1 Å². The minimum atomic E-state index is -0.0846. The fraction of sp³-hybridized carbons (Fsp3) is 0.276. The van der Waals surface area contributed by atoms with Crippen LogP contribution >= 0.6 is 0 Å². The third kappa shape index (κ3) is 5.03. The van der Waals surface area contributed by atoms with Crippen molar-refractivity contribution in [2.45, 2.75) is 25.8 Å². The number of carbonyl (C=O) groups is 1. The molecule has 1 amide bonds. The van der Waals surface area contributed by atoms with Crippen molar-refractivity contribution < 1.29 is 14.6 Å². The molecule has 1 aliphatic heterocycles. The van der Waals surface area contributed by atoms with Crippen molar-refractivity contribution in [1.29, 1.82) is 0 Å². The quantitative estimate of drug-likeness (QED) is 0.403. The van der Waals surface area contributed by atoms with Crippen LogP contribution in [0.5, 0.6) is 11.5 Å². The summed E-state index contributed by atoms with van der Waals surface area (Å²) in [4.78, 5) is 15.9. The molecular formula is C29H31N3O3. The van der Waals surface area contributed by atoms with E-state index in [4.69, 9.17) is 4.74 Å². The van der Waals surface area contributed by atoms with Crippen molar-refractivity contribution >= 4 is 16.8 Å². The Labute approximate surface area is 205 Å². The summed E-state index contributed by atoms with van der Waals surface area (Å²) in [6.07, 6.45) is 1.80. The Balaban J connectivity index is 1.25. The van der Waals surface area contributed by atoms with Crippen LogP contribution in [0.2, 0.25) is 0 Å². The topological polar surface area (TPSA) is 66.7 Å². The van der Waals surface area contributed by atoms with Gasteiger partial charge in [0.05, 0.1) is 11.1 Å². The van der Waals surface area contributed by atoms with E-state index in [1.165, 1.54) is 0 Å². The van der Waals surface area contributed by atoms with E-state index in [9.17, 15) is 9.90 Å². The first-order valence-corrected chi connectivity index (χ1v) is 12.2. The molecule has 0 radical (unpaired) electrons. The Kier molecular flexibility index (Phi) is 6.73. The average molecular weight is 470 g/mol. The van der Waals surface area contributed by atoms with Crippen molar-refractivity contribution in [3.63, 3.8) is 0 Å². The third-order valence-electron chi connectivity index (χ3n) is 6.77. The van der Waals surface area contributed by atoms with Gasteiger partial charge in [0.1, 0.15) is 18.1 Å². The fourth-order valence-corrected chi connectivity index (χ4v) is 4.97. The van der Waals surface area contributed by atoms with Gasteiger partial charge in [-0.1, -0.05) is 36.4 Å². The van der Waals surface area contributed by atoms with E-state index in [1.807, 2.05) is 73.7 Å². The highest BCUT2D eigenvalue weighted by Gasteiger charge is 2.25. The lowest BCUT2D eigenvalue weighted by molar-refractivity contribution is 0.0906. The molecule has 180 valence electrons. The second-order valence-electron chi connectivity index (χ2n) is 9.08. The zero-order valence-electron chi connectivity index (χ0n) is 20.0. The molecule has 3 aromatic carbocycles. The van der Waals surface area contributed by atoms with Gasteiger partial charge >= 0.3 is 0 Å². The first-order valence-electron chi connectivity index (χ1n) is 12.2. The first-order chi connectivity index (χ1) is 17.1. The normalized spacial score (nSPS) is 14.8. The molecule has 1 saturated heterocycles. The lowest BCUT2D eigenvalue weighted by Gasteiger charge is -2.32. The number of nitrogens with zero attached hydrogens (tertiary/aromatic N) is 2. The van der Waals surface area contributed by atoms with E-state index >= 15 is 0 Å². The minimum absolute atomic E-state index is 0.0846. The third-order valence-corrected chi connectivity index (χ3v) is 6.77. The van der Waals surface area contributed by atoms with Crippen molar-refractivity contribution in [2.75, 3.05) is 26.2 Å². The standard InChI is InChI=1S/C29H31N3O3/c1-21-28(26-20-24(33)12-13-27(26)32(21)23-8-4-2-5-9-23)29(34)30-22-14-16-31(17-15-22)18-19-35-25-10-6-3-7-11-25/h2-13,20,22,33H,14-19H2,1H3,(H,30,34). The lowest BCUT2D eigenvalue weighted by Crippen LogP contribution is -2.45. The molecular weight excluding hydrogens is 438 g/mol. The number of para-hydroxylation sites is 2. The Morgan fingerprint density at radius 2 is 1.69 bits per heavy atom. The van der Waals surface area contributed by atoms with Crippen LogP contribution in [0, 0.1) is 6.92 Å². The highest BCUT2D eigenvalue weighted by atomic mass is 16.5. The van der Waals surface area contributed by atoms with Crippen LogP contribution < -0.4 is 10.1 Å². The molecule has 0 unspecified atom stereocenters. The molecule has 0 aliphatic carbocycles. The number of likely N-dealkylation sites (tertiary alicyclic amines) is 1. The van der Waals surface area contributed by atoms with Gasteiger partial charge in [-0.05, 0) is 62.2 Å². The summed E-state index contributed by atoms with van der Waals surface area (Å²) < 4.78 is 7.91. The highest BCUT2D eigenvalue weighted by molar-refractivity contribution is 6.09. The van der Waals surface area contributed by atoms with Crippen LogP contribution in [0.4, 0.5) is 0 Å². The molecule has 2 N–H and O–H groups in total. The molecule has 1 aliphatic rings. The number of benzene rings is 3. The van der Waals surface area contributed by atoms with Crippen LogP contribution in [-0.4, -0.2) is 52.8 Å². The summed E-state index contributed by atoms with van der Waals surface area (Å²) in [5, 5.41) is 14.2. The molecule has 1 fully saturated rings. The molecule has 2 heterocycles. The van der Waals surface area contributed by atoms with Gasteiger partial charge in [-0.25, -0.2) is 0 Å². The predicted molar refractivity (Wildman–Crippen MR) is 139 cm³/mol. The van der Waals surface area contributed by atoms with Gasteiger partial charge in [0.2, 0.25) is 0 Å². The number of hydrogen-bond donors (Lipinski definition) is 2. The zero-order chi connectivity index (χ0) is 24.2. The summed E-state index contributed by atoms with van der Waals surface area (Å²) in [5.74, 6) is 0.965. The van der Waals surface area contributed by atoms with E-state index < -0.39 is 0 Å². The fourth-order valence-electron chi connectivity index (χ4n) is 4.97. The molecule has 0 spiro atoms. The second kappa shape index (κ2) is 10.2. The number of rotatable bonds is 7. The molecule has 35 heavy (non-hydrogen) atoms. The smallest absolute Gasteiger partial charge is 0.253 e. The molecule has 5 rings (SSSR count). The maximum atomic E-state index is 13.5. The summed E-state index contributed by atoms with van der Waals surface area (Å²) in [5.41, 5.74) is 3.39. The highest BCUT2D eigenvalue weighted by Crippen LogP contribution is 2.32. The number of aromatic hydroxyl groups is 1. The number of phenolic OH excluding ortho intramolecular Hbond substituents is 1. The van der Waals surface area contributed by atoms with Gasteiger partial charge in [-0.3, -0.25) is 9.69 Å². The number of nitrogens with one attached hydrogen (secondary N) is 1. The van der Waals surface area contributed by atoms with E-state index in [2.05, 4.69) is 14.8 Å². The summed E-state index contributed by atoms with van der Waals surface area (Å²) in [7, 11) is 0. The summed E-state index contributed by atoms with van der Waals surface area (Å²) in [6.45, 7) is 5.35. The Morgan fingerprint density at radius 1 is 1.00 bits per heavy atom. The zero-order valence-corrected chi connectivity index (χ0v) is 20.0. The maximum Gasteiger partial charge on any atom is 0.253 e. The number of piperidine rings is 1. The number of ether oxygens (including phenoxy) is 1. The van der Waals surface area contributed by atoms with Crippen LogP contribution in [-0.2, 0) is 0 Å². The van der Waals surface area contributed by atoms with E-state index in [-0.39, 0.29) is 17.7 Å². The van der Waals surface area contributed by atoms with Crippen LogP contribution in [0.3, 0.4) is 0 Å². The monoisotopic (exact) mass is 469 g/mol. The largest absolute Gasteiger partial charge is 0.508 e. The molecule has 4 aromatic rings. The molecule has 1 aromatic heterocycles. The van der Waals surface area contributed by atoms with Gasteiger partial charge in [-0.2, -0.15) is 0 Å². The number of amides is 1. The SMILES string of the molecule is Cc1c(C(=O)NC2CCN(CCOc3ccccc3)CC2)c2cc(O)ccc2n1-c1ccccc1. The number of aromatic nitrogens is 1. The van der Waals surface area contributed by atoms with Gasteiger partial charge in [0, 0.05) is 42.4 Å². The molecule has 0 bridgehead atoms. The minimum Gasteiger partial charge on any atom is -0.508 e. The number of fused-ring (bicyclic) bond motifs is 1. The maximum absolute atomic E-state index is 13.5. The molecule has 6 heteroatoms. The van der Waals surface area contributed by atoms with Crippen molar-refractivity contribution in [1.82, 2.24) is 14.8 Å². The Bertz CT molecular complexity index is 1290. The molecule has 0 atom stereocenters. The van der Waals surface area contributed by atoms with Crippen LogP contribution in [0.25, 0.3) is 16.6 Å². The van der Waals surface area contributed by atoms with Gasteiger partial charge in [0.25, 0.3) is 5.91 Å². The lowest BCUT2D eigenvalue weighted by atomic mass is 10.0. The van der Waals surface area contributed by atoms with Gasteiger partial charge < -0.3 is 19.7 Å². The summed E-state index contributed by atoms with van der Waals surface area (Å²) >= 11 is 0. The number of carbonyl (C=O) groups excluding carboxylic acids is 1. The summed E-state index contributed by atoms with van der Waals surface area (Å²) in [6, 6.07) is 25.2. The molecule has 6 nitrogen and oxygen atoms in total. The van der Waals surface area contributed by atoms with E-state index in [0.717, 1.165) is 60.5 Å². The van der Waals surface area contributed by atoms with Crippen LogP contribution in [0.1, 0.15) is 28.9 Å². The van der Waals surface area contributed by atoms with Gasteiger partial charge in [-0.15, -0.1) is 0 Å². The first kappa shape index (κ1) is 23.0. The van der Waals surface area contributed by atoms with Crippen LogP contribution in [0.15, 0.2) is 78.9 Å². The number of hydrogen-bond acceptors (Lipinski definition) is 4. The van der Waals surface area contributed by atoms with Crippen molar-refractivity contribution in [2.24, 2.45) is 0 Å². The second-order valence-corrected chi connectivity index (χ2v) is 9.08. The van der Waals surface area contributed by atoms with E-state index in [0.29, 0.717) is 12.2 Å². The average Bonchev–Trinajstić information content (AvgIpc) is 3.17. The number of phenols is 1. The van der Waals surface area contributed by atoms with Crippen molar-refractivity contribution in [3.05, 3.63) is 90.1 Å². The Hall–Kier alpha value is -3.77. The van der Waals surface area contributed by atoms with Gasteiger partial charge in [0.15, 0.2) is 0 Å². The predicted octanol–water partition coefficient (Wildman–Crippen LogP) is 4.92.